The zero-order chi connectivity index (χ0) is 15.5. The van der Waals surface area contributed by atoms with Gasteiger partial charge in [0.15, 0.2) is 0 Å². The topological polar surface area (TPSA) is 20.3 Å². The molecule has 1 aliphatic rings. The smallest absolute Gasteiger partial charge is 0.226 e. The number of carbonyl (C=O) groups excluding carboxylic acids is 1. The van der Waals surface area contributed by atoms with Gasteiger partial charge >= 0.3 is 0 Å². The second-order valence-electron chi connectivity index (χ2n) is 6.29. The lowest BCUT2D eigenvalue weighted by molar-refractivity contribution is -0.132. The number of amides is 1. The zero-order valence-electron chi connectivity index (χ0n) is 13.3. The van der Waals surface area contributed by atoms with E-state index in [1.165, 1.54) is 16.7 Å². The summed E-state index contributed by atoms with van der Waals surface area (Å²) < 4.78 is 0. The third-order valence-electron chi connectivity index (χ3n) is 4.70. The van der Waals surface area contributed by atoms with Gasteiger partial charge in [0.25, 0.3) is 0 Å². The molecule has 2 aromatic carbocycles. The normalized spacial score (nSPS) is 19.5. The Hall–Kier alpha value is -2.09. The van der Waals surface area contributed by atoms with Crippen molar-refractivity contribution in [2.45, 2.75) is 32.7 Å². The molecule has 1 heterocycles. The first kappa shape index (κ1) is 14.8. The number of aryl methyl sites for hydroxylation is 1. The van der Waals surface area contributed by atoms with Gasteiger partial charge in [-0.15, -0.1) is 0 Å². The first-order valence-electron chi connectivity index (χ1n) is 8.06. The molecular formula is C20H23NO. The maximum atomic E-state index is 12.7. The Kier molecular flexibility index (Phi) is 4.28. The standard InChI is InChI=1S/C20H23NO/c1-15-8-10-17(11-9-15)14-19-12-13-21(20(19)22)16(2)18-6-4-3-5-7-18/h3-11,16,19H,12-14H2,1-2H3. The highest BCUT2D eigenvalue weighted by Gasteiger charge is 2.34. The van der Waals surface area contributed by atoms with Crippen LogP contribution in [-0.4, -0.2) is 17.4 Å². The summed E-state index contributed by atoms with van der Waals surface area (Å²) in [5.74, 6) is 0.436. The van der Waals surface area contributed by atoms with Crippen LogP contribution in [0.15, 0.2) is 54.6 Å². The predicted octanol–water partition coefficient (Wildman–Crippen LogP) is 4.15. The van der Waals surface area contributed by atoms with Crippen molar-refractivity contribution in [2.24, 2.45) is 5.92 Å². The quantitative estimate of drug-likeness (QED) is 0.829. The predicted molar refractivity (Wildman–Crippen MR) is 89.6 cm³/mol. The molecule has 1 fully saturated rings. The number of likely N-dealkylation sites (tertiary alicyclic amines) is 1. The molecular weight excluding hydrogens is 270 g/mol. The maximum absolute atomic E-state index is 12.7. The van der Waals surface area contributed by atoms with Crippen LogP contribution >= 0.6 is 0 Å². The van der Waals surface area contributed by atoms with Gasteiger partial charge in [-0.25, -0.2) is 0 Å². The lowest BCUT2D eigenvalue weighted by Gasteiger charge is -2.25. The van der Waals surface area contributed by atoms with Crippen molar-refractivity contribution in [2.75, 3.05) is 6.54 Å². The van der Waals surface area contributed by atoms with Crippen LogP contribution in [0.3, 0.4) is 0 Å². The monoisotopic (exact) mass is 293 g/mol. The van der Waals surface area contributed by atoms with Crippen LogP contribution < -0.4 is 0 Å². The lowest BCUT2D eigenvalue weighted by atomic mass is 9.97. The van der Waals surface area contributed by atoms with Crippen LogP contribution in [0.1, 0.15) is 36.1 Å². The summed E-state index contributed by atoms with van der Waals surface area (Å²) in [7, 11) is 0. The van der Waals surface area contributed by atoms with Crippen molar-refractivity contribution in [3.63, 3.8) is 0 Å². The molecule has 1 amide bonds. The van der Waals surface area contributed by atoms with E-state index in [9.17, 15) is 4.79 Å². The minimum Gasteiger partial charge on any atom is -0.336 e. The molecule has 0 aliphatic carbocycles. The van der Waals surface area contributed by atoms with Gasteiger partial charge in [-0.3, -0.25) is 4.79 Å². The van der Waals surface area contributed by atoms with E-state index in [-0.39, 0.29) is 12.0 Å². The Balaban J connectivity index is 1.68. The molecule has 2 unspecified atom stereocenters. The molecule has 0 bridgehead atoms. The SMILES string of the molecule is Cc1ccc(CC2CCN(C(C)c3ccccc3)C2=O)cc1. The third-order valence-corrected chi connectivity index (χ3v) is 4.70. The van der Waals surface area contributed by atoms with Crippen LogP contribution in [0.2, 0.25) is 0 Å². The van der Waals surface area contributed by atoms with Crippen molar-refractivity contribution in [3.05, 3.63) is 71.3 Å². The molecule has 0 radical (unpaired) electrons. The van der Waals surface area contributed by atoms with Crippen LogP contribution in [0.25, 0.3) is 0 Å². The van der Waals surface area contributed by atoms with E-state index < -0.39 is 0 Å². The summed E-state index contributed by atoms with van der Waals surface area (Å²) >= 11 is 0. The summed E-state index contributed by atoms with van der Waals surface area (Å²) in [6.45, 7) is 5.08. The van der Waals surface area contributed by atoms with E-state index in [0.717, 1.165) is 19.4 Å². The van der Waals surface area contributed by atoms with E-state index in [0.29, 0.717) is 5.91 Å². The summed E-state index contributed by atoms with van der Waals surface area (Å²) in [6, 6.07) is 19.0. The fraction of sp³-hybridized carbons (Fsp3) is 0.350. The Bertz CT molecular complexity index is 633. The van der Waals surface area contributed by atoms with Gasteiger partial charge in [-0.1, -0.05) is 60.2 Å². The fourth-order valence-corrected chi connectivity index (χ4v) is 3.26. The van der Waals surface area contributed by atoms with E-state index >= 15 is 0 Å². The van der Waals surface area contributed by atoms with E-state index in [4.69, 9.17) is 0 Å². The second-order valence-corrected chi connectivity index (χ2v) is 6.29. The summed E-state index contributed by atoms with van der Waals surface area (Å²) in [6.07, 6.45) is 1.82. The fourth-order valence-electron chi connectivity index (χ4n) is 3.26. The highest BCUT2D eigenvalue weighted by Crippen LogP contribution is 2.30. The molecule has 2 aromatic rings. The average Bonchev–Trinajstić information content (AvgIpc) is 2.91. The van der Waals surface area contributed by atoms with Crippen molar-refractivity contribution in [3.8, 4) is 0 Å². The first-order valence-corrected chi connectivity index (χ1v) is 8.06. The van der Waals surface area contributed by atoms with Gasteiger partial charge < -0.3 is 4.90 Å². The van der Waals surface area contributed by atoms with Crippen LogP contribution in [-0.2, 0) is 11.2 Å². The molecule has 0 saturated carbocycles. The number of hydrogen-bond acceptors (Lipinski definition) is 1. The molecule has 2 atom stereocenters. The van der Waals surface area contributed by atoms with Crippen LogP contribution in [0, 0.1) is 12.8 Å². The van der Waals surface area contributed by atoms with E-state index in [1.54, 1.807) is 0 Å². The number of hydrogen-bond donors (Lipinski definition) is 0. The van der Waals surface area contributed by atoms with Crippen molar-refractivity contribution >= 4 is 5.91 Å². The molecule has 0 spiro atoms. The van der Waals surface area contributed by atoms with Gasteiger partial charge in [0, 0.05) is 12.5 Å². The second kappa shape index (κ2) is 6.35. The molecule has 1 saturated heterocycles. The average molecular weight is 293 g/mol. The molecule has 3 rings (SSSR count). The number of rotatable bonds is 4. The zero-order valence-corrected chi connectivity index (χ0v) is 13.3. The minimum absolute atomic E-state index is 0.133. The Morgan fingerprint density at radius 2 is 1.77 bits per heavy atom. The number of nitrogens with zero attached hydrogens (tertiary/aromatic N) is 1. The highest BCUT2D eigenvalue weighted by atomic mass is 16.2. The highest BCUT2D eigenvalue weighted by molar-refractivity contribution is 5.81. The Morgan fingerprint density at radius 1 is 1.09 bits per heavy atom. The molecule has 1 aliphatic heterocycles. The first-order chi connectivity index (χ1) is 10.6. The van der Waals surface area contributed by atoms with Crippen LogP contribution in [0.4, 0.5) is 0 Å². The van der Waals surface area contributed by atoms with E-state index in [2.05, 4.69) is 50.2 Å². The number of carbonyl (C=O) groups is 1. The van der Waals surface area contributed by atoms with Crippen LogP contribution in [0.5, 0.6) is 0 Å². The molecule has 114 valence electrons. The molecule has 0 N–H and O–H groups in total. The Labute approximate surface area is 132 Å². The maximum Gasteiger partial charge on any atom is 0.226 e. The molecule has 22 heavy (non-hydrogen) atoms. The van der Waals surface area contributed by atoms with Gasteiger partial charge in [-0.05, 0) is 37.8 Å². The third kappa shape index (κ3) is 3.06. The van der Waals surface area contributed by atoms with Crippen molar-refractivity contribution in [1.29, 1.82) is 0 Å². The summed E-state index contributed by atoms with van der Waals surface area (Å²) in [5.41, 5.74) is 3.74. The van der Waals surface area contributed by atoms with Gasteiger partial charge in [0.1, 0.15) is 0 Å². The lowest BCUT2D eigenvalue weighted by Crippen LogP contribution is -2.30. The molecule has 2 heteroatoms. The van der Waals surface area contributed by atoms with Crippen molar-refractivity contribution < 1.29 is 4.79 Å². The molecule has 0 aromatic heterocycles. The largest absolute Gasteiger partial charge is 0.336 e. The van der Waals surface area contributed by atoms with Gasteiger partial charge in [-0.2, -0.15) is 0 Å². The summed E-state index contributed by atoms with van der Waals surface area (Å²) in [5, 5.41) is 0. The number of benzene rings is 2. The van der Waals surface area contributed by atoms with Gasteiger partial charge in [0.05, 0.1) is 6.04 Å². The minimum atomic E-state index is 0.133. The summed E-state index contributed by atoms with van der Waals surface area (Å²) in [4.78, 5) is 14.8. The van der Waals surface area contributed by atoms with E-state index in [1.807, 2.05) is 23.1 Å². The van der Waals surface area contributed by atoms with Crippen molar-refractivity contribution in [1.82, 2.24) is 4.90 Å². The Morgan fingerprint density at radius 3 is 2.45 bits per heavy atom. The van der Waals surface area contributed by atoms with Gasteiger partial charge in [0.2, 0.25) is 5.91 Å². The molecule has 2 nitrogen and oxygen atoms in total.